The molecule has 0 aromatic heterocycles. The van der Waals surface area contributed by atoms with E-state index >= 15 is 0 Å². The molecular formula is C31H28O4P2. The number of rotatable bonds is 8. The molecule has 1 aliphatic rings. The Kier molecular flexibility index (Phi) is 7.74. The van der Waals surface area contributed by atoms with Crippen LogP contribution in [0.4, 0.5) is 0 Å². The molecule has 6 heteroatoms. The lowest BCUT2D eigenvalue weighted by molar-refractivity contribution is -0.154. The maximum absolute atomic E-state index is 14.3. The zero-order chi connectivity index (χ0) is 25.8. The Morgan fingerprint density at radius 1 is 0.514 bits per heavy atom. The van der Waals surface area contributed by atoms with Crippen molar-refractivity contribution in [2.24, 2.45) is 0 Å². The number of ether oxygens (including phenoxy) is 2. The minimum Gasteiger partial charge on any atom is -0.336 e. The van der Waals surface area contributed by atoms with Gasteiger partial charge in [-0.3, -0.25) is 9.59 Å². The molecular weight excluding hydrogens is 498 g/mol. The minimum absolute atomic E-state index is 0.118. The Balaban J connectivity index is 1.56. The predicted octanol–water partition coefficient (Wildman–Crippen LogP) is 4.83. The first kappa shape index (κ1) is 25.6. The van der Waals surface area contributed by atoms with E-state index in [0.717, 1.165) is 21.2 Å². The third kappa shape index (κ3) is 5.64. The summed E-state index contributed by atoms with van der Waals surface area (Å²) in [6.45, 7) is 3.53. The number of benzene rings is 4. The maximum Gasteiger partial charge on any atom is 0.195 e. The highest BCUT2D eigenvalue weighted by Crippen LogP contribution is 2.46. The van der Waals surface area contributed by atoms with Gasteiger partial charge in [0.15, 0.2) is 29.0 Å². The van der Waals surface area contributed by atoms with Gasteiger partial charge in [-0.15, -0.1) is 0 Å². The third-order valence-corrected chi connectivity index (χ3v) is 10.7. The molecule has 2 atom stereocenters. The van der Waals surface area contributed by atoms with E-state index in [1.807, 2.05) is 121 Å². The molecule has 5 rings (SSSR count). The van der Waals surface area contributed by atoms with E-state index in [1.165, 1.54) is 0 Å². The number of hydrogen-bond donors (Lipinski definition) is 0. The molecule has 4 aromatic carbocycles. The summed E-state index contributed by atoms with van der Waals surface area (Å²) >= 11 is 0. The second-order valence-electron chi connectivity index (χ2n) is 9.17. The van der Waals surface area contributed by atoms with Crippen molar-refractivity contribution < 1.29 is 19.1 Å². The molecule has 4 nitrogen and oxygen atoms in total. The van der Waals surface area contributed by atoms with Crippen LogP contribution in [-0.2, 0) is 19.1 Å². The SMILES string of the molecule is CC1(C)OC(C(=O)P(c2ccccc2)c2ccccc2)C(C(=O)P(c2ccccc2)c2ccccc2)O1. The molecule has 0 N–H and O–H groups in total. The van der Waals surface area contributed by atoms with Gasteiger partial charge >= 0.3 is 0 Å². The molecule has 37 heavy (non-hydrogen) atoms. The van der Waals surface area contributed by atoms with E-state index in [4.69, 9.17) is 9.47 Å². The highest BCUT2D eigenvalue weighted by atomic mass is 31.1. The second kappa shape index (κ2) is 11.2. The molecule has 0 spiro atoms. The van der Waals surface area contributed by atoms with E-state index in [1.54, 1.807) is 13.8 Å². The predicted molar refractivity (Wildman–Crippen MR) is 152 cm³/mol. The van der Waals surface area contributed by atoms with Crippen molar-refractivity contribution >= 4 is 48.1 Å². The largest absolute Gasteiger partial charge is 0.336 e. The first-order valence-electron chi connectivity index (χ1n) is 12.2. The van der Waals surface area contributed by atoms with Gasteiger partial charge < -0.3 is 9.47 Å². The highest BCUT2D eigenvalue weighted by molar-refractivity contribution is 7.88. The number of carbonyl (C=O) groups is 2. The van der Waals surface area contributed by atoms with Gasteiger partial charge in [0.2, 0.25) is 0 Å². The van der Waals surface area contributed by atoms with Gasteiger partial charge in [-0.1, -0.05) is 121 Å². The first-order chi connectivity index (χ1) is 17.9. The fraction of sp³-hybridized carbons (Fsp3) is 0.161. The third-order valence-electron chi connectivity index (χ3n) is 6.08. The molecule has 0 amide bonds. The number of carbonyl (C=O) groups excluding carboxylic acids is 2. The van der Waals surface area contributed by atoms with Crippen LogP contribution >= 0.6 is 15.8 Å². The van der Waals surface area contributed by atoms with E-state index in [0.29, 0.717) is 0 Å². The topological polar surface area (TPSA) is 52.6 Å². The van der Waals surface area contributed by atoms with Crippen molar-refractivity contribution in [2.45, 2.75) is 31.8 Å². The van der Waals surface area contributed by atoms with Crippen LogP contribution in [0.2, 0.25) is 0 Å². The van der Waals surface area contributed by atoms with Crippen LogP contribution in [0, 0.1) is 0 Å². The average Bonchev–Trinajstić information content (AvgIpc) is 3.27. The molecule has 1 fully saturated rings. The van der Waals surface area contributed by atoms with E-state index in [9.17, 15) is 9.59 Å². The first-order valence-corrected chi connectivity index (χ1v) is 14.9. The van der Waals surface area contributed by atoms with Gasteiger partial charge in [0.25, 0.3) is 0 Å². The lowest BCUT2D eigenvalue weighted by Crippen LogP contribution is -2.40. The van der Waals surface area contributed by atoms with Crippen LogP contribution in [0.5, 0.6) is 0 Å². The van der Waals surface area contributed by atoms with Gasteiger partial charge in [0.1, 0.15) is 0 Å². The van der Waals surface area contributed by atoms with Crippen molar-refractivity contribution in [3.8, 4) is 0 Å². The van der Waals surface area contributed by atoms with Crippen molar-refractivity contribution in [1.29, 1.82) is 0 Å². The van der Waals surface area contributed by atoms with Gasteiger partial charge in [0.05, 0.1) is 0 Å². The summed E-state index contributed by atoms with van der Waals surface area (Å²) in [5, 5.41) is 3.67. The van der Waals surface area contributed by atoms with Crippen LogP contribution in [0.3, 0.4) is 0 Å². The monoisotopic (exact) mass is 526 g/mol. The second-order valence-corrected chi connectivity index (χ2v) is 13.5. The minimum atomic E-state index is -1.43. The summed E-state index contributed by atoms with van der Waals surface area (Å²) in [5.41, 5.74) is -0.236. The maximum atomic E-state index is 14.3. The molecule has 1 saturated heterocycles. The molecule has 0 saturated carbocycles. The summed E-state index contributed by atoms with van der Waals surface area (Å²) in [7, 11) is -2.87. The lowest BCUT2D eigenvalue weighted by Gasteiger charge is -2.25. The molecule has 1 aliphatic heterocycles. The molecule has 1 heterocycles. The zero-order valence-electron chi connectivity index (χ0n) is 20.7. The zero-order valence-corrected chi connectivity index (χ0v) is 22.5. The van der Waals surface area contributed by atoms with Gasteiger partial charge in [-0.2, -0.15) is 0 Å². The van der Waals surface area contributed by atoms with Crippen molar-refractivity contribution in [3.05, 3.63) is 121 Å². The Morgan fingerprint density at radius 2 is 0.757 bits per heavy atom. The summed E-state index contributed by atoms with van der Waals surface area (Å²) in [6.07, 6.45) is -2.02. The van der Waals surface area contributed by atoms with E-state index in [2.05, 4.69) is 0 Å². The van der Waals surface area contributed by atoms with Crippen molar-refractivity contribution in [2.75, 3.05) is 0 Å². The fourth-order valence-corrected chi connectivity index (χ4v) is 8.87. The Labute approximate surface area is 220 Å². The normalized spacial score (nSPS) is 18.7. The van der Waals surface area contributed by atoms with Crippen molar-refractivity contribution in [3.63, 3.8) is 0 Å². The number of hydrogen-bond acceptors (Lipinski definition) is 4. The average molecular weight is 527 g/mol. The van der Waals surface area contributed by atoms with Gasteiger partial charge in [-0.05, 0) is 35.1 Å². The fourth-order valence-electron chi connectivity index (χ4n) is 4.49. The standard InChI is InChI=1S/C31H28O4P2/c1-31(2)34-27(29(32)36(23-15-7-3-8-16-23)24-17-9-4-10-18-24)28(35-31)30(33)37(25-19-11-5-12-20-25)26-21-13-6-14-22-26/h3-22,27-28H,1-2H3. The molecule has 2 unspecified atom stereocenters. The smallest absolute Gasteiger partial charge is 0.195 e. The van der Waals surface area contributed by atoms with Crippen LogP contribution in [0.15, 0.2) is 121 Å². The van der Waals surface area contributed by atoms with E-state index in [-0.39, 0.29) is 11.0 Å². The van der Waals surface area contributed by atoms with Crippen LogP contribution in [-0.4, -0.2) is 29.0 Å². The highest BCUT2D eigenvalue weighted by Gasteiger charge is 2.52. The lowest BCUT2D eigenvalue weighted by atomic mass is 10.2. The quantitative estimate of drug-likeness (QED) is 0.309. The Morgan fingerprint density at radius 3 is 1.00 bits per heavy atom. The molecule has 0 bridgehead atoms. The van der Waals surface area contributed by atoms with Gasteiger partial charge in [-0.25, -0.2) is 0 Å². The molecule has 0 radical (unpaired) electrons. The summed E-state index contributed by atoms with van der Waals surface area (Å²) < 4.78 is 12.4. The van der Waals surface area contributed by atoms with Crippen LogP contribution in [0.1, 0.15) is 13.8 Å². The molecule has 186 valence electrons. The summed E-state index contributed by atoms with van der Waals surface area (Å²) in [4.78, 5) is 28.6. The molecule has 0 aliphatic carbocycles. The van der Waals surface area contributed by atoms with Crippen LogP contribution in [0.25, 0.3) is 0 Å². The van der Waals surface area contributed by atoms with Gasteiger partial charge in [0, 0.05) is 15.8 Å². The van der Waals surface area contributed by atoms with E-state index < -0.39 is 33.8 Å². The Hall–Kier alpha value is -3.00. The Bertz CT molecular complexity index is 1160. The molecule has 4 aromatic rings. The van der Waals surface area contributed by atoms with Crippen LogP contribution < -0.4 is 21.2 Å². The summed E-state index contributed by atoms with van der Waals surface area (Å²) in [5.74, 6) is -1.07. The van der Waals surface area contributed by atoms with Crippen molar-refractivity contribution in [1.82, 2.24) is 0 Å². The summed E-state index contributed by atoms with van der Waals surface area (Å²) in [6, 6.07) is 39.0.